The van der Waals surface area contributed by atoms with Gasteiger partial charge in [0.25, 0.3) is 10.0 Å². The maximum atomic E-state index is 13.1. The molecule has 0 atom stereocenters. The number of amides is 1. The lowest BCUT2D eigenvalue weighted by Crippen LogP contribution is -2.37. The highest BCUT2D eigenvalue weighted by molar-refractivity contribution is 7.92. The molecule has 0 radical (unpaired) electrons. The second-order valence-corrected chi connectivity index (χ2v) is 11.9. The van der Waals surface area contributed by atoms with E-state index < -0.39 is 44.2 Å². The number of benzene rings is 3. The van der Waals surface area contributed by atoms with Crippen molar-refractivity contribution in [3.05, 3.63) is 82.9 Å². The molecule has 0 spiro atoms. The molecule has 0 saturated heterocycles. The molecule has 37 heavy (non-hydrogen) atoms. The fraction of sp³-hybridized carbons (Fsp3) is 0.174. The molecule has 3 aromatic rings. The number of hydrogen-bond donors (Lipinski definition) is 2. The van der Waals surface area contributed by atoms with Gasteiger partial charge in [0.2, 0.25) is 15.9 Å². The van der Waals surface area contributed by atoms with Gasteiger partial charge in [-0.2, -0.15) is 13.2 Å². The maximum absolute atomic E-state index is 13.1. The zero-order valence-electron chi connectivity index (χ0n) is 19.4. The van der Waals surface area contributed by atoms with Crippen molar-refractivity contribution < 1.29 is 34.8 Å². The molecule has 0 aliphatic rings. The third-order valence-electron chi connectivity index (χ3n) is 5.11. The van der Waals surface area contributed by atoms with Gasteiger partial charge in [0, 0.05) is 10.7 Å². The molecule has 3 aromatic carbocycles. The molecule has 8 nitrogen and oxygen atoms in total. The third-order valence-corrected chi connectivity index (χ3v) is 8.04. The molecule has 2 N–H and O–H groups in total. The van der Waals surface area contributed by atoms with Crippen LogP contribution in [0.3, 0.4) is 0 Å². The number of sulfonamides is 2. The summed E-state index contributed by atoms with van der Waals surface area (Å²) in [5, 5.41) is 2.79. The first kappa shape index (κ1) is 28.3. The first-order valence-corrected chi connectivity index (χ1v) is 14.1. The van der Waals surface area contributed by atoms with Crippen LogP contribution < -0.4 is 14.3 Å². The smallest absolute Gasteiger partial charge is 0.325 e. The summed E-state index contributed by atoms with van der Waals surface area (Å²) in [6.45, 7) is 0.841. The van der Waals surface area contributed by atoms with Gasteiger partial charge in [-0.3, -0.25) is 13.8 Å². The topological polar surface area (TPSA) is 113 Å². The third kappa shape index (κ3) is 7.14. The van der Waals surface area contributed by atoms with Gasteiger partial charge in [-0.05, 0) is 67.1 Å². The van der Waals surface area contributed by atoms with Crippen LogP contribution in [0.2, 0.25) is 5.02 Å². The summed E-state index contributed by atoms with van der Waals surface area (Å²) in [7, 11) is -8.11. The average molecular weight is 576 g/mol. The summed E-state index contributed by atoms with van der Waals surface area (Å²) in [5.41, 5.74) is -0.442. The number of nitrogens with zero attached hydrogens (tertiary/aromatic N) is 1. The highest BCUT2D eigenvalue weighted by Crippen LogP contribution is 2.32. The largest absolute Gasteiger partial charge is 0.416 e. The van der Waals surface area contributed by atoms with Crippen molar-refractivity contribution in [2.75, 3.05) is 27.1 Å². The van der Waals surface area contributed by atoms with Crippen LogP contribution in [-0.4, -0.2) is 35.5 Å². The SMILES string of the molecule is Cc1c(Cl)cccc1NS(=O)(=O)c1ccc(NC(=O)CN(c2cccc(C(F)(F)F)c2)S(C)(=O)=O)cc1. The van der Waals surface area contributed by atoms with E-state index in [0.717, 1.165) is 24.5 Å². The van der Waals surface area contributed by atoms with E-state index in [1.54, 1.807) is 25.1 Å². The number of nitrogens with one attached hydrogen (secondary N) is 2. The van der Waals surface area contributed by atoms with Gasteiger partial charge in [-0.1, -0.05) is 23.7 Å². The van der Waals surface area contributed by atoms with E-state index in [-0.39, 0.29) is 16.3 Å². The highest BCUT2D eigenvalue weighted by Gasteiger charge is 2.32. The van der Waals surface area contributed by atoms with Crippen molar-refractivity contribution in [3.8, 4) is 0 Å². The van der Waals surface area contributed by atoms with E-state index in [1.807, 2.05) is 0 Å². The Morgan fingerprint density at radius 3 is 2.19 bits per heavy atom. The minimum Gasteiger partial charge on any atom is -0.325 e. The van der Waals surface area contributed by atoms with E-state index in [1.165, 1.54) is 24.3 Å². The average Bonchev–Trinajstić information content (AvgIpc) is 2.79. The Hall–Kier alpha value is -3.29. The molecule has 198 valence electrons. The molecule has 14 heteroatoms. The van der Waals surface area contributed by atoms with Crippen LogP contribution >= 0.6 is 11.6 Å². The zero-order chi connectivity index (χ0) is 27.6. The Bertz CT molecular complexity index is 1530. The molecule has 1 amide bonds. The number of carbonyl (C=O) groups excluding carboxylic acids is 1. The van der Waals surface area contributed by atoms with Crippen molar-refractivity contribution in [3.63, 3.8) is 0 Å². The number of halogens is 4. The quantitative estimate of drug-likeness (QED) is 0.398. The molecule has 0 saturated carbocycles. The van der Waals surface area contributed by atoms with Gasteiger partial charge in [0.1, 0.15) is 6.54 Å². The van der Waals surface area contributed by atoms with Crippen molar-refractivity contribution in [1.82, 2.24) is 0 Å². The minimum absolute atomic E-state index is 0.119. The number of hydrogen-bond acceptors (Lipinski definition) is 5. The maximum Gasteiger partial charge on any atom is 0.416 e. The van der Waals surface area contributed by atoms with Gasteiger partial charge >= 0.3 is 6.18 Å². The normalized spacial score (nSPS) is 12.2. The van der Waals surface area contributed by atoms with Crippen LogP contribution in [0.4, 0.5) is 30.2 Å². The Kier molecular flexibility index (Phi) is 8.10. The predicted octanol–water partition coefficient (Wildman–Crippen LogP) is 4.87. The van der Waals surface area contributed by atoms with Gasteiger partial charge in [0.05, 0.1) is 28.1 Å². The van der Waals surface area contributed by atoms with Gasteiger partial charge in [-0.15, -0.1) is 0 Å². The van der Waals surface area contributed by atoms with Crippen LogP contribution in [0.1, 0.15) is 11.1 Å². The second kappa shape index (κ2) is 10.6. The van der Waals surface area contributed by atoms with E-state index >= 15 is 0 Å². The number of rotatable bonds is 8. The minimum atomic E-state index is -4.70. The monoisotopic (exact) mass is 575 g/mol. The molecular weight excluding hydrogens is 555 g/mol. The van der Waals surface area contributed by atoms with Gasteiger partial charge in [-0.25, -0.2) is 16.8 Å². The molecule has 0 bridgehead atoms. The number of carbonyl (C=O) groups is 1. The lowest BCUT2D eigenvalue weighted by Gasteiger charge is -2.23. The van der Waals surface area contributed by atoms with Crippen molar-refractivity contribution in [2.24, 2.45) is 0 Å². The standard InChI is InChI=1S/C23H21ClF3N3O5S2/c1-15-20(24)7-4-8-21(15)29-37(34,35)19-11-9-17(10-12-19)28-22(31)14-30(36(2,32)33)18-6-3-5-16(13-18)23(25,26)27/h3-13,29H,14H2,1-2H3,(H,28,31). The molecule has 0 aromatic heterocycles. The summed E-state index contributed by atoms with van der Waals surface area (Å²) in [6, 6.07) is 13.3. The summed E-state index contributed by atoms with van der Waals surface area (Å²) in [4.78, 5) is 12.4. The van der Waals surface area contributed by atoms with Crippen molar-refractivity contribution in [2.45, 2.75) is 18.0 Å². The molecule has 0 unspecified atom stereocenters. The van der Waals surface area contributed by atoms with E-state index in [4.69, 9.17) is 11.6 Å². The first-order chi connectivity index (χ1) is 17.1. The predicted molar refractivity (Wildman–Crippen MR) is 136 cm³/mol. The molecule has 0 aliphatic carbocycles. The Morgan fingerprint density at radius 1 is 0.973 bits per heavy atom. The second-order valence-electron chi connectivity index (χ2n) is 7.91. The van der Waals surface area contributed by atoms with Gasteiger partial charge in [0.15, 0.2) is 0 Å². The molecule has 0 heterocycles. The number of anilines is 3. The van der Waals surface area contributed by atoms with Crippen LogP contribution in [0, 0.1) is 6.92 Å². The highest BCUT2D eigenvalue weighted by atomic mass is 35.5. The summed E-state index contributed by atoms with van der Waals surface area (Å²) in [6.07, 6.45) is -3.95. The van der Waals surface area contributed by atoms with Crippen molar-refractivity contribution in [1.29, 1.82) is 0 Å². The molecular formula is C23H21ClF3N3O5S2. The zero-order valence-corrected chi connectivity index (χ0v) is 21.8. The van der Waals surface area contributed by atoms with Crippen molar-refractivity contribution >= 4 is 54.6 Å². The van der Waals surface area contributed by atoms with E-state index in [0.29, 0.717) is 26.6 Å². The van der Waals surface area contributed by atoms with E-state index in [2.05, 4.69) is 10.0 Å². The van der Waals surface area contributed by atoms with Crippen LogP contribution in [0.25, 0.3) is 0 Å². The van der Waals surface area contributed by atoms with Crippen LogP contribution in [0.15, 0.2) is 71.6 Å². The fourth-order valence-corrected chi connectivity index (χ4v) is 5.35. The summed E-state index contributed by atoms with van der Waals surface area (Å²) >= 11 is 6.02. The Morgan fingerprint density at radius 2 is 1.59 bits per heavy atom. The van der Waals surface area contributed by atoms with E-state index in [9.17, 15) is 34.8 Å². The first-order valence-electron chi connectivity index (χ1n) is 10.4. The fourth-order valence-electron chi connectivity index (χ4n) is 3.21. The van der Waals surface area contributed by atoms with Gasteiger partial charge < -0.3 is 5.32 Å². The summed E-state index contributed by atoms with van der Waals surface area (Å²) < 4.78 is 92.0. The summed E-state index contributed by atoms with van der Waals surface area (Å²) in [5.74, 6) is -0.855. The molecule has 3 rings (SSSR count). The van der Waals surface area contributed by atoms with Crippen LogP contribution in [-0.2, 0) is 31.0 Å². The molecule has 0 aliphatic heterocycles. The lowest BCUT2D eigenvalue weighted by molar-refractivity contribution is -0.137. The Balaban J connectivity index is 1.75. The lowest BCUT2D eigenvalue weighted by atomic mass is 10.2. The Labute approximate surface area is 217 Å². The molecule has 0 fully saturated rings. The van der Waals surface area contributed by atoms with Crippen LogP contribution in [0.5, 0.6) is 0 Å². The number of alkyl halides is 3.